The molecule has 3 aliphatic rings. The second kappa shape index (κ2) is 5.04. The number of nitrogens with one attached hydrogen (secondary N) is 1. The summed E-state index contributed by atoms with van der Waals surface area (Å²) in [4.78, 5) is 18.2. The van der Waals surface area contributed by atoms with Crippen LogP contribution in [-0.2, 0) is 16.0 Å². The Balaban J connectivity index is 1.60. The summed E-state index contributed by atoms with van der Waals surface area (Å²) >= 11 is 0. The van der Waals surface area contributed by atoms with Gasteiger partial charge in [0, 0.05) is 36.7 Å². The molecule has 1 aromatic carbocycles. The highest BCUT2D eigenvalue weighted by atomic mass is 16.5. The summed E-state index contributed by atoms with van der Waals surface area (Å²) in [5, 5.41) is 1.36. The molecule has 0 saturated carbocycles. The highest BCUT2D eigenvalue weighted by molar-refractivity contribution is 5.91. The Morgan fingerprint density at radius 3 is 3.08 bits per heavy atom. The number of carbonyl (C=O) groups is 1. The number of aromatic nitrogens is 1. The number of hydrogen-bond acceptors (Lipinski definition) is 3. The molecular weight excluding hydrogens is 300 g/mol. The van der Waals surface area contributed by atoms with E-state index in [0.717, 1.165) is 25.8 Å². The minimum Gasteiger partial charge on any atom is -0.372 e. The van der Waals surface area contributed by atoms with Gasteiger partial charge in [0.1, 0.15) is 5.60 Å². The van der Waals surface area contributed by atoms with Crippen LogP contribution in [-0.4, -0.2) is 41.0 Å². The molecule has 3 unspecified atom stereocenters. The molecule has 3 atom stereocenters. The lowest BCUT2D eigenvalue weighted by Gasteiger charge is -2.54. The lowest BCUT2D eigenvalue weighted by molar-refractivity contribution is -0.131. The lowest BCUT2D eigenvalue weighted by Crippen LogP contribution is -2.61. The highest BCUT2D eigenvalue weighted by Gasteiger charge is 2.51. The number of rotatable bonds is 1. The van der Waals surface area contributed by atoms with E-state index in [0.29, 0.717) is 12.5 Å². The minimum absolute atomic E-state index is 0.151. The van der Waals surface area contributed by atoms with E-state index in [1.54, 1.807) is 13.2 Å². The highest BCUT2D eigenvalue weighted by Crippen LogP contribution is 2.48. The molecule has 1 aromatic heterocycles. The van der Waals surface area contributed by atoms with Crippen molar-refractivity contribution in [2.24, 2.45) is 0 Å². The SMILES string of the molecule is COC12C=CC(=O)CC1N1CCc3c([nH]c4ccccc34)C1CC2. The van der Waals surface area contributed by atoms with E-state index in [-0.39, 0.29) is 17.4 Å². The number of para-hydroxylation sites is 1. The normalized spacial score (nSPS) is 32.5. The molecule has 4 nitrogen and oxygen atoms in total. The van der Waals surface area contributed by atoms with Gasteiger partial charge in [-0.25, -0.2) is 0 Å². The number of aromatic amines is 1. The van der Waals surface area contributed by atoms with Crippen LogP contribution in [0.4, 0.5) is 0 Å². The van der Waals surface area contributed by atoms with Gasteiger partial charge in [-0.3, -0.25) is 9.69 Å². The molecule has 0 amide bonds. The Hall–Kier alpha value is -1.91. The van der Waals surface area contributed by atoms with E-state index in [1.165, 1.54) is 22.2 Å². The van der Waals surface area contributed by atoms with Crippen molar-refractivity contribution in [1.29, 1.82) is 0 Å². The van der Waals surface area contributed by atoms with Crippen molar-refractivity contribution in [3.63, 3.8) is 0 Å². The number of ketones is 1. The number of carbonyl (C=O) groups excluding carboxylic acids is 1. The maximum absolute atomic E-state index is 12.1. The molecule has 2 aromatic rings. The van der Waals surface area contributed by atoms with E-state index >= 15 is 0 Å². The molecular formula is C20H22N2O2. The van der Waals surface area contributed by atoms with Crippen molar-refractivity contribution in [3.05, 3.63) is 47.7 Å². The second-order valence-electron chi connectivity index (χ2n) is 7.28. The molecule has 1 fully saturated rings. The molecule has 1 aliphatic carbocycles. The standard InChI is InChI=1S/C20H22N2O2/c1-24-20-9-6-13(23)12-18(20)22-11-8-15-14-4-2-3-5-16(14)21-19(15)17(22)7-10-20/h2-6,9,17-18,21H,7-8,10-12H2,1H3. The number of piperidine rings is 1. The van der Waals surface area contributed by atoms with Gasteiger partial charge >= 0.3 is 0 Å². The summed E-state index contributed by atoms with van der Waals surface area (Å²) in [6, 6.07) is 9.10. The number of allylic oxidation sites excluding steroid dienone is 1. The first-order valence-corrected chi connectivity index (χ1v) is 8.84. The van der Waals surface area contributed by atoms with E-state index in [4.69, 9.17) is 4.74 Å². The first kappa shape index (κ1) is 14.4. The van der Waals surface area contributed by atoms with Gasteiger partial charge in [0.2, 0.25) is 0 Å². The van der Waals surface area contributed by atoms with Gasteiger partial charge in [-0.15, -0.1) is 0 Å². The largest absolute Gasteiger partial charge is 0.372 e. The predicted molar refractivity (Wildman–Crippen MR) is 93.0 cm³/mol. The number of hydrogen-bond donors (Lipinski definition) is 1. The molecule has 3 heterocycles. The van der Waals surface area contributed by atoms with Crippen LogP contribution >= 0.6 is 0 Å². The fourth-order valence-corrected chi connectivity index (χ4v) is 5.11. The summed E-state index contributed by atoms with van der Waals surface area (Å²) in [5.41, 5.74) is 3.75. The molecule has 24 heavy (non-hydrogen) atoms. The number of ether oxygens (including phenoxy) is 1. The van der Waals surface area contributed by atoms with Crippen molar-refractivity contribution in [2.45, 2.75) is 43.4 Å². The zero-order chi connectivity index (χ0) is 16.3. The van der Waals surface area contributed by atoms with Gasteiger partial charge in [0.05, 0.1) is 12.1 Å². The third kappa shape index (κ3) is 1.84. The minimum atomic E-state index is -0.298. The Kier molecular flexibility index (Phi) is 3.03. The van der Waals surface area contributed by atoms with Crippen LogP contribution in [0.3, 0.4) is 0 Å². The summed E-state index contributed by atoms with van der Waals surface area (Å²) < 4.78 is 5.94. The molecule has 1 N–H and O–H groups in total. The predicted octanol–water partition coefficient (Wildman–Crippen LogP) is 3.14. The van der Waals surface area contributed by atoms with Crippen molar-refractivity contribution in [2.75, 3.05) is 13.7 Å². The second-order valence-corrected chi connectivity index (χ2v) is 7.28. The van der Waals surface area contributed by atoms with Crippen LogP contribution in [0, 0.1) is 0 Å². The number of methoxy groups -OCH3 is 1. The van der Waals surface area contributed by atoms with E-state index in [2.05, 4.69) is 34.1 Å². The van der Waals surface area contributed by atoms with Crippen molar-refractivity contribution >= 4 is 16.7 Å². The van der Waals surface area contributed by atoms with Gasteiger partial charge in [-0.2, -0.15) is 0 Å². The zero-order valence-electron chi connectivity index (χ0n) is 13.9. The Morgan fingerprint density at radius 2 is 2.21 bits per heavy atom. The van der Waals surface area contributed by atoms with E-state index < -0.39 is 0 Å². The summed E-state index contributed by atoms with van der Waals surface area (Å²) in [6.45, 7) is 0.996. The Morgan fingerprint density at radius 1 is 1.33 bits per heavy atom. The topological polar surface area (TPSA) is 45.3 Å². The summed E-state index contributed by atoms with van der Waals surface area (Å²) in [7, 11) is 1.78. The molecule has 0 spiro atoms. The quantitative estimate of drug-likeness (QED) is 0.877. The summed E-state index contributed by atoms with van der Waals surface area (Å²) in [6.07, 6.45) is 7.36. The third-order valence-corrected chi connectivity index (χ3v) is 6.30. The maximum Gasteiger partial charge on any atom is 0.157 e. The smallest absolute Gasteiger partial charge is 0.157 e. The first-order chi connectivity index (χ1) is 11.7. The average Bonchev–Trinajstić information content (AvgIpc) is 3.00. The maximum atomic E-state index is 12.1. The fraction of sp³-hybridized carbons (Fsp3) is 0.450. The van der Waals surface area contributed by atoms with Gasteiger partial charge < -0.3 is 9.72 Å². The van der Waals surface area contributed by atoms with Gasteiger partial charge in [-0.1, -0.05) is 18.2 Å². The number of fused-ring (bicyclic) bond motifs is 7. The third-order valence-electron chi connectivity index (χ3n) is 6.30. The first-order valence-electron chi connectivity index (χ1n) is 8.84. The molecule has 2 aliphatic heterocycles. The van der Waals surface area contributed by atoms with Crippen LogP contribution in [0.2, 0.25) is 0 Å². The Labute approximate surface area is 141 Å². The van der Waals surface area contributed by atoms with Crippen LogP contribution in [0.5, 0.6) is 0 Å². The van der Waals surface area contributed by atoms with E-state index in [1.807, 2.05) is 6.08 Å². The van der Waals surface area contributed by atoms with Crippen LogP contribution in [0.15, 0.2) is 36.4 Å². The molecule has 0 bridgehead atoms. The molecule has 1 saturated heterocycles. The van der Waals surface area contributed by atoms with Gasteiger partial charge in [0.15, 0.2) is 5.78 Å². The Bertz CT molecular complexity index is 852. The van der Waals surface area contributed by atoms with Crippen molar-refractivity contribution in [1.82, 2.24) is 9.88 Å². The molecule has 124 valence electrons. The molecule has 0 radical (unpaired) electrons. The monoisotopic (exact) mass is 322 g/mol. The van der Waals surface area contributed by atoms with E-state index in [9.17, 15) is 4.79 Å². The fourth-order valence-electron chi connectivity index (χ4n) is 5.11. The molecule has 5 rings (SSSR count). The van der Waals surface area contributed by atoms with Gasteiger partial charge in [-0.05, 0) is 43.0 Å². The number of nitrogens with zero attached hydrogens (tertiary/aromatic N) is 1. The number of benzene rings is 1. The zero-order valence-corrected chi connectivity index (χ0v) is 13.9. The number of H-pyrrole nitrogens is 1. The average molecular weight is 322 g/mol. The summed E-state index contributed by atoms with van der Waals surface area (Å²) in [5.74, 6) is 0.218. The van der Waals surface area contributed by atoms with Crippen LogP contribution in [0.1, 0.15) is 36.6 Å². The lowest BCUT2D eigenvalue weighted by atomic mass is 9.73. The van der Waals surface area contributed by atoms with Crippen LogP contribution < -0.4 is 0 Å². The van der Waals surface area contributed by atoms with Crippen LogP contribution in [0.25, 0.3) is 10.9 Å². The van der Waals surface area contributed by atoms with Crippen molar-refractivity contribution in [3.8, 4) is 0 Å². The molecule has 4 heteroatoms. The van der Waals surface area contributed by atoms with Crippen molar-refractivity contribution < 1.29 is 9.53 Å². The van der Waals surface area contributed by atoms with Gasteiger partial charge in [0.25, 0.3) is 0 Å².